The maximum absolute atomic E-state index is 4.04. The van der Waals surface area contributed by atoms with Crippen LogP contribution in [-0.2, 0) is 0 Å². The fraction of sp³-hybridized carbons (Fsp3) is 0.333. The van der Waals surface area contributed by atoms with Crippen LogP contribution >= 0.6 is 38.8 Å². The van der Waals surface area contributed by atoms with Crippen LogP contribution < -0.4 is 5.32 Å². The molecule has 2 rings (SSSR count). The molecule has 1 unspecified atom stereocenters. The highest BCUT2D eigenvalue weighted by Gasteiger charge is 2.20. The molecule has 0 spiro atoms. The molecular weight excluding hydrogens is 294 g/mol. The third kappa shape index (κ3) is 2.13. The van der Waals surface area contributed by atoms with Gasteiger partial charge in [0.05, 0.1) is 16.6 Å². The minimum Gasteiger partial charge on any atom is -0.308 e. The van der Waals surface area contributed by atoms with Gasteiger partial charge in [0.25, 0.3) is 0 Å². The van der Waals surface area contributed by atoms with Crippen molar-refractivity contribution in [2.24, 2.45) is 0 Å². The molecule has 0 aliphatic heterocycles. The van der Waals surface area contributed by atoms with Gasteiger partial charge >= 0.3 is 0 Å². The third-order valence-electron chi connectivity index (χ3n) is 2.19. The Morgan fingerprint density at radius 3 is 2.73 bits per heavy atom. The number of hydrogen-bond donors (Lipinski definition) is 1. The molecule has 0 amide bonds. The van der Waals surface area contributed by atoms with Gasteiger partial charge in [-0.25, -0.2) is 0 Å². The molecule has 0 saturated heterocycles. The van der Waals surface area contributed by atoms with E-state index in [1.807, 2.05) is 14.0 Å². The minimum absolute atomic E-state index is 0.186. The van der Waals surface area contributed by atoms with Gasteiger partial charge in [0.15, 0.2) is 0 Å². The molecule has 1 atom stereocenters. The zero-order valence-corrected chi connectivity index (χ0v) is 11.5. The molecule has 15 heavy (non-hydrogen) atoms. The Bertz CT molecular complexity index is 411. The van der Waals surface area contributed by atoms with E-state index in [-0.39, 0.29) is 6.04 Å². The molecule has 0 fully saturated rings. The molecule has 0 saturated carbocycles. The van der Waals surface area contributed by atoms with Crippen molar-refractivity contribution in [1.82, 2.24) is 14.9 Å². The second-order valence-corrected chi connectivity index (χ2v) is 5.50. The van der Waals surface area contributed by atoms with Gasteiger partial charge < -0.3 is 5.32 Å². The first kappa shape index (κ1) is 11.2. The normalized spacial score (nSPS) is 13.0. The zero-order valence-electron chi connectivity index (χ0n) is 8.32. The summed E-state index contributed by atoms with van der Waals surface area (Å²) in [6.45, 7) is 1.99. The number of hydrogen-bond acceptors (Lipinski definition) is 5. The lowest BCUT2D eigenvalue weighted by Gasteiger charge is -2.13. The summed E-state index contributed by atoms with van der Waals surface area (Å²) in [5.41, 5.74) is 2.24. The van der Waals surface area contributed by atoms with Gasteiger partial charge in [-0.2, -0.15) is 11.3 Å². The quantitative estimate of drug-likeness (QED) is 0.947. The van der Waals surface area contributed by atoms with Crippen LogP contribution in [0.25, 0.3) is 0 Å². The maximum Gasteiger partial charge on any atom is 0.0776 e. The van der Waals surface area contributed by atoms with E-state index >= 15 is 0 Å². The van der Waals surface area contributed by atoms with Crippen LogP contribution in [0.15, 0.2) is 15.2 Å². The van der Waals surface area contributed by atoms with E-state index in [4.69, 9.17) is 0 Å². The van der Waals surface area contributed by atoms with E-state index in [1.165, 1.54) is 22.0 Å². The summed E-state index contributed by atoms with van der Waals surface area (Å²) in [5.74, 6) is 0. The molecule has 80 valence electrons. The molecule has 0 aliphatic rings. The van der Waals surface area contributed by atoms with Gasteiger partial charge in [-0.3, -0.25) is 0 Å². The number of aryl methyl sites for hydroxylation is 1. The Kier molecular flexibility index (Phi) is 3.50. The van der Waals surface area contributed by atoms with Crippen LogP contribution in [0.1, 0.15) is 22.2 Å². The fourth-order valence-corrected chi connectivity index (χ4v) is 3.75. The average molecular weight is 304 g/mol. The number of halogens is 1. The topological polar surface area (TPSA) is 37.8 Å². The van der Waals surface area contributed by atoms with Gasteiger partial charge in [-0.05, 0) is 52.4 Å². The van der Waals surface area contributed by atoms with Gasteiger partial charge in [0.2, 0.25) is 0 Å². The van der Waals surface area contributed by atoms with Crippen molar-refractivity contribution in [3.05, 3.63) is 31.4 Å². The summed E-state index contributed by atoms with van der Waals surface area (Å²) in [7, 11) is 1.95. The lowest BCUT2D eigenvalue weighted by Crippen LogP contribution is -2.17. The highest BCUT2D eigenvalue weighted by Crippen LogP contribution is 2.33. The smallest absolute Gasteiger partial charge is 0.0776 e. The van der Waals surface area contributed by atoms with E-state index in [9.17, 15) is 0 Å². The van der Waals surface area contributed by atoms with Crippen LogP contribution in [0, 0.1) is 6.92 Å². The molecule has 1 N–H and O–H groups in total. The van der Waals surface area contributed by atoms with Crippen LogP contribution in [0.3, 0.4) is 0 Å². The number of thiophene rings is 1. The zero-order chi connectivity index (χ0) is 10.8. The maximum atomic E-state index is 4.04. The van der Waals surface area contributed by atoms with Crippen molar-refractivity contribution in [2.45, 2.75) is 13.0 Å². The van der Waals surface area contributed by atoms with Gasteiger partial charge in [-0.1, -0.05) is 4.49 Å². The van der Waals surface area contributed by atoms with Gasteiger partial charge in [0, 0.05) is 9.85 Å². The SMILES string of the molecule is CNC(c1cscc1Br)c1snnc1C. The molecule has 0 radical (unpaired) electrons. The first-order chi connectivity index (χ1) is 7.24. The highest BCUT2D eigenvalue weighted by atomic mass is 79.9. The largest absolute Gasteiger partial charge is 0.308 e. The van der Waals surface area contributed by atoms with Crippen LogP contribution in [0.4, 0.5) is 0 Å². The second kappa shape index (κ2) is 4.69. The average Bonchev–Trinajstić information content (AvgIpc) is 2.80. The van der Waals surface area contributed by atoms with Crippen molar-refractivity contribution >= 4 is 38.8 Å². The first-order valence-electron chi connectivity index (χ1n) is 4.41. The summed E-state index contributed by atoms with van der Waals surface area (Å²) in [5, 5.41) is 11.6. The summed E-state index contributed by atoms with van der Waals surface area (Å²) in [6.07, 6.45) is 0. The summed E-state index contributed by atoms with van der Waals surface area (Å²) in [6, 6.07) is 0.186. The van der Waals surface area contributed by atoms with E-state index in [1.54, 1.807) is 11.3 Å². The predicted molar refractivity (Wildman–Crippen MR) is 67.6 cm³/mol. The first-order valence-corrected chi connectivity index (χ1v) is 6.92. The molecule has 2 aromatic rings. The lowest BCUT2D eigenvalue weighted by atomic mass is 10.1. The third-order valence-corrected chi connectivity index (χ3v) is 4.83. The highest BCUT2D eigenvalue weighted by molar-refractivity contribution is 9.10. The Labute approximate surface area is 105 Å². The van der Waals surface area contributed by atoms with Crippen LogP contribution in [-0.4, -0.2) is 16.6 Å². The lowest BCUT2D eigenvalue weighted by molar-refractivity contribution is 0.697. The minimum atomic E-state index is 0.186. The van der Waals surface area contributed by atoms with E-state index in [2.05, 4.69) is 41.6 Å². The van der Waals surface area contributed by atoms with Gasteiger partial charge in [-0.15, -0.1) is 5.10 Å². The van der Waals surface area contributed by atoms with Crippen molar-refractivity contribution < 1.29 is 0 Å². The Morgan fingerprint density at radius 2 is 2.27 bits per heavy atom. The predicted octanol–water partition coefficient (Wildman–Crippen LogP) is 2.98. The molecule has 0 bridgehead atoms. The van der Waals surface area contributed by atoms with E-state index < -0.39 is 0 Å². The molecule has 2 heterocycles. The van der Waals surface area contributed by atoms with Gasteiger partial charge in [0.1, 0.15) is 0 Å². The van der Waals surface area contributed by atoms with Crippen LogP contribution in [0.5, 0.6) is 0 Å². The van der Waals surface area contributed by atoms with Crippen LogP contribution in [0.2, 0.25) is 0 Å². The van der Waals surface area contributed by atoms with Crippen molar-refractivity contribution in [3.63, 3.8) is 0 Å². The van der Waals surface area contributed by atoms with Crippen molar-refractivity contribution in [1.29, 1.82) is 0 Å². The van der Waals surface area contributed by atoms with E-state index in [0.717, 1.165) is 10.2 Å². The van der Waals surface area contributed by atoms with Crippen molar-refractivity contribution in [2.75, 3.05) is 7.05 Å². The molecule has 0 aromatic carbocycles. The number of nitrogens with zero attached hydrogens (tertiary/aromatic N) is 2. The molecule has 6 heteroatoms. The molecular formula is C9H10BrN3S2. The number of nitrogens with one attached hydrogen (secondary N) is 1. The summed E-state index contributed by atoms with van der Waals surface area (Å²) >= 11 is 6.69. The number of aromatic nitrogens is 2. The molecule has 2 aromatic heterocycles. The van der Waals surface area contributed by atoms with Crippen molar-refractivity contribution in [3.8, 4) is 0 Å². The number of rotatable bonds is 3. The monoisotopic (exact) mass is 303 g/mol. The Morgan fingerprint density at radius 1 is 1.47 bits per heavy atom. The Balaban J connectivity index is 2.41. The summed E-state index contributed by atoms with van der Waals surface area (Å²) < 4.78 is 5.11. The fourth-order valence-electron chi connectivity index (χ4n) is 1.43. The standard InChI is InChI=1S/C9H10BrN3S2/c1-5-9(15-13-12-5)8(11-2)6-3-14-4-7(6)10/h3-4,8,11H,1-2H3. The molecule has 3 nitrogen and oxygen atoms in total. The summed E-state index contributed by atoms with van der Waals surface area (Å²) in [4.78, 5) is 1.18. The van der Waals surface area contributed by atoms with E-state index in [0.29, 0.717) is 0 Å². The Hall–Kier alpha value is -0.300. The second-order valence-electron chi connectivity index (χ2n) is 3.12. The molecule has 0 aliphatic carbocycles.